The highest BCUT2D eigenvalue weighted by Crippen LogP contribution is 2.29. The van der Waals surface area contributed by atoms with Crippen molar-refractivity contribution in [1.82, 2.24) is 9.97 Å². The molecule has 0 aliphatic heterocycles. The summed E-state index contributed by atoms with van der Waals surface area (Å²) in [6, 6.07) is 8.32. The molecule has 0 bridgehead atoms. The van der Waals surface area contributed by atoms with Crippen LogP contribution in [0, 0.1) is 6.92 Å². The minimum absolute atomic E-state index is 0.895. The molecule has 2 aromatic heterocycles. The van der Waals surface area contributed by atoms with E-state index >= 15 is 0 Å². The van der Waals surface area contributed by atoms with Crippen LogP contribution in [0.25, 0.3) is 10.7 Å². The lowest BCUT2D eigenvalue weighted by molar-refractivity contribution is 1.25. The van der Waals surface area contributed by atoms with Crippen molar-refractivity contribution < 1.29 is 0 Å². The normalized spacial score (nSPS) is 10.7. The van der Waals surface area contributed by atoms with E-state index in [9.17, 15) is 0 Å². The molecular weight excluding hydrogens is 306 g/mol. The molecule has 3 rings (SSSR count). The van der Waals surface area contributed by atoms with Gasteiger partial charge in [-0.05, 0) is 31.4 Å². The fourth-order valence-corrected chi connectivity index (χ4v) is 3.73. The van der Waals surface area contributed by atoms with Crippen molar-refractivity contribution in [3.05, 3.63) is 40.7 Å². The van der Waals surface area contributed by atoms with Crippen LogP contribution in [0.15, 0.2) is 39.9 Å². The van der Waals surface area contributed by atoms with Gasteiger partial charge in [-0.25, -0.2) is 9.97 Å². The Bertz CT molecular complexity index is 718. The Morgan fingerprint density at radius 1 is 1.15 bits per heavy atom. The number of nitrogens with zero attached hydrogens (tertiary/aromatic N) is 2. The van der Waals surface area contributed by atoms with Crippen LogP contribution >= 0.6 is 34.4 Å². The Labute approximate surface area is 130 Å². The maximum absolute atomic E-state index is 4.59. The summed E-state index contributed by atoms with van der Waals surface area (Å²) in [6.45, 7) is 2.00. The fraction of sp³-hybridized carbons (Fsp3) is 0.143. The molecule has 0 aliphatic carbocycles. The van der Waals surface area contributed by atoms with Gasteiger partial charge in [0.15, 0.2) is 5.13 Å². The van der Waals surface area contributed by atoms with Crippen molar-refractivity contribution in [2.24, 2.45) is 0 Å². The van der Waals surface area contributed by atoms with E-state index in [4.69, 9.17) is 0 Å². The number of aromatic nitrogens is 2. The molecule has 0 saturated carbocycles. The zero-order valence-corrected chi connectivity index (χ0v) is 13.5. The standard InChI is InChI=1S/C14H13N3S3/c1-9-7-19-13(15-9)12-8-20-14(17-12)16-10-4-3-5-11(6-10)18-2/h3-8H,1-2H3,(H,16,17). The van der Waals surface area contributed by atoms with Crippen LogP contribution in [0.1, 0.15) is 5.69 Å². The van der Waals surface area contributed by atoms with Crippen molar-refractivity contribution in [1.29, 1.82) is 0 Å². The molecule has 0 spiro atoms. The number of benzene rings is 1. The molecule has 2 heterocycles. The van der Waals surface area contributed by atoms with E-state index in [1.165, 1.54) is 4.90 Å². The predicted octanol–water partition coefficient (Wildman–Crippen LogP) is 5.04. The molecule has 0 saturated heterocycles. The van der Waals surface area contributed by atoms with E-state index in [0.29, 0.717) is 0 Å². The number of anilines is 2. The second kappa shape index (κ2) is 5.95. The highest BCUT2D eigenvalue weighted by Gasteiger charge is 2.08. The van der Waals surface area contributed by atoms with Gasteiger partial charge in [0.05, 0.1) is 0 Å². The number of rotatable bonds is 4. The van der Waals surface area contributed by atoms with Gasteiger partial charge >= 0.3 is 0 Å². The number of aryl methyl sites for hydroxylation is 1. The maximum atomic E-state index is 4.59. The van der Waals surface area contributed by atoms with Crippen molar-refractivity contribution in [3.63, 3.8) is 0 Å². The van der Waals surface area contributed by atoms with Crippen LogP contribution in [-0.2, 0) is 0 Å². The summed E-state index contributed by atoms with van der Waals surface area (Å²) in [4.78, 5) is 10.3. The topological polar surface area (TPSA) is 37.8 Å². The predicted molar refractivity (Wildman–Crippen MR) is 89.5 cm³/mol. The summed E-state index contributed by atoms with van der Waals surface area (Å²) in [7, 11) is 0. The van der Waals surface area contributed by atoms with Crippen molar-refractivity contribution in [2.45, 2.75) is 11.8 Å². The Kier molecular flexibility index (Phi) is 4.05. The Hall–Kier alpha value is -1.37. The molecule has 20 heavy (non-hydrogen) atoms. The fourth-order valence-electron chi connectivity index (χ4n) is 1.73. The van der Waals surface area contributed by atoms with E-state index in [1.54, 1.807) is 34.4 Å². The number of nitrogens with one attached hydrogen (secondary N) is 1. The maximum Gasteiger partial charge on any atom is 0.187 e. The number of thioether (sulfide) groups is 1. The Balaban J connectivity index is 1.80. The molecule has 0 unspecified atom stereocenters. The second-order valence-electron chi connectivity index (χ2n) is 4.19. The van der Waals surface area contributed by atoms with Crippen molar-refractivity contribution in [3.8, 4) is 10.7 Å². The van der Waals surface area contributed by atoms with Crippen LogP contribution in [0.3, 0.4) is 0 Å². The van der Waals surface area contributed by atoms with Crippen molar-refractivity contribution in [2.75, 3.05) is 11.6 Å². The van der Waals surface area contributed by atoms with Gasteiger partial charge in [-0.15, -0.1) is 34.4 Å². The summed E-state index contributed by atoms with van der Waals surface area (Å²) in [5.41, 5.74) is 3.05. The largest absolute Gasteiger partial charge is 0.331 e. The molecule has 0 fully saturated rings. The quantitative estimate of drug-likeness (QED) is 0.684. The molecular formula is C14H13N3S3. The van der Waals surface area contributed by atoms with Gasteiger partial charge in [-0.1, -0.05) is 6.07 Å². The summed E-state index contributed by atoms with van der Waals surface area (Å²) in [6.07, 6.45) is 2.07. The lowest BCUT2D eigenvalue weighted by atomic mass is 10.3. The summed E-state index contributed by atoms with van der Waals surface area (Å²) >= 11 is 4.96. The third-order valence-electron chi connectivity index (χ3n) is 2.66. The number of hydrogen-bond donors (Lipinski definition) is 1. The third kappa shape index (κ3) is 3.03. The number of hydrogen-bond acceptors (Lipinski definition) is 6. The SMILES string of the molecule is CSc1cccc(Nc2nc(-c3nc(C)cs3)cs2)c1. The molecule has 102 valence electrons. The lowest BCUT2D eigenvalue weighted by Crippen LogP contribution is -1.89. The van der Waals surface area contributed by atoms with E-state index in [1.807, 2.05) is 29.8 Å². The highest BCUT2D eigenvalue weighted by molar-refractivity contribution is 7.98. The molecule has 0 aliphatic rings. The van der Waals surface area contributed by atoms with Crippen LogP contribution in [0.4, 0.5) is 10.8 Å². The van der Waals surface area contributed by atoms with Crippen LogP contribution in [-0.4, -0.2) is 16.2 Å². The molecule has 1 N–H and O–H groups in total. The molecule has 0 atom stereocenters. The van der Waals surface area contributed by atoms with Gasteiger partial charge in [-0.2, -0.15) is 0 Å². The van der Waals surface area contributed by atoms with E-state index in [-0.39, 0.29) is 0 Å². The zero-order valence-electron chi connectivity index (χ0n) is 11.1. The average molecular weight is 319 g/mol. The Morgan fingerprint density at radius 3 is 2.80 bits per heavy atom. The van der Waals surface area contributed by atoms with Gasteiger partial charge in [0.25, 0.3) is 0 Å². The summed E-state index contributed by atoms with van der Waals surface area (Å²) in [5, 5.41) is 9.30. The van der Waals surface area contributed by atoms with E-state index in [2.05, 4.69) is 33.7 Å². The highest BCUT2D eigenvalue weighted by atomic mass is 32.2. The summed E-state index contributed by atoms with van der Waals surface area (Å²) < 4.78 is 0. The molecule has 3 aromatic rings. The van der Waals surface area contributed by atoms with Crippen LogP contribution in [0.2, 0.25) is 0 Å². The molecule has 0 amide bonds. The van der Waals surface area contributed by atoms with Gasteiger partial charge in [0, 0.05) is 27.0 Å². The third-order valence-corrected chi connectivity index (χ3v) is 5.13. The number of thiazole rings is 2. The smallest absolute Gasteiger partial charge is 0.187 e. The first-order valence-corrected chi connectivity index (χ1v) is 9.02. The Morgan fingerprint density at radius 2 is 2.05 bits per heavy atom. The molecule has 1 aromatic carbocycles. The summed E-state index contributed by atoms with van der Waals surface area (Å²) in [5.74, 6) is 0. The van der Waals surface area contributed by atoms with E-state index in [0.717, 1.165) is 27.2 Å². The van der Waals surface area contributed by atoms with Crippen LogP contribution in [0.5, 0.6) is 0 Å². The van der Waals surface area contributed by atoms with Crippen molar-refractivity contribution >= 4 is 45.3 Å². The molecule has 6 heteroatoms. The lowest BCUT2D eigenvalue weighted by Gasteiger charge is -2.03. The molecule has 3 nitrogen and oxygen atoms in total. The van der Waals surface area contributed by atoms with Gasteiger partial charge in [0.1, 0.15) is 10.7 Å². The van der Waals surface area contributed by atoms with Gasteiger partial charge < -0.3 is 5.32 Å². The minimum Gasteiger partial charge on any atom is -0.331 e. The first kappa shape index (κ1) is 13.6. The average Bonchev–Trinajstić information content (AvgIpc) is 3.08. The van der Waals surface area contributed by atoms with Gasteiger partial charge in [-0.3, -0.25) is 0 Å². The van der Waals surface area contributed by atoms with Gasteiger partial charge in [0.2, 0.25) is 0 Å². The monoisotopic (exact) mass is 319 g/mol. The zero-order chi connectivity index (χ0) is 13.9. The molecule has 0 radical (unpaired) electrons. The second-order valence-corrected chi connectivity index (χ2v) is 6.78. The first-order valence-electron chi connectivity index (χ1n) is 6.04. The van der Waals surface area contributed by atoms with E-state index < -0.39 is 0 Å². The minimum atomic E-state index is 0.895. The first-order chi connectivity index (χ1) is 9.74. The van der Waals surface area contributed by atoms with Crippen LogP contribution < -0.4 is 5.32 Å².